The number of benzene rings is 3. The number of ether oxygens (including phenoxy) is 1. The van der Waals surface area contributed by atoms with Gasteiger partial charge in [-0.25, -0.2) is 8.78 Å². The minimum atomic E-state index is -0.460. The van der Waals surface area contributed by atoms with Gasteiger partial charge in [-0.2, -0.15) is 5.26 Å². The Labute approximate surface area is 150 Å². The van der Waals surface area contributed by atoms with Gasteiger partial charge in [0.15, 0.2) is 0 Å². The second-order valence-corrected chi connectivity index (χ2v) is 5.61. The number of allylic oxidation sites excluding steroid dienone is 1. The molecule has 0 atom stereocenters. The van der Waals surface area contributed by atoms with Gasteiger partial charge in [0.2, 0.25) is 0 Å². The van der Waals surface area contributed by atoms with Gasteiger partial charge < -0.3 is 4.74 Å². The SMILES string of the molecule is N#C/C(=C/c1ccccc1OCc1cccc(F)c1)c1ccccc1F. The summed E-state index contributed by atoms with van der Waals surface area (Å²) in [6.07, 6.45) is 1.58. The second kappa shape index (κ2) is 8.09. The van der Waals surface area contributed by atoms with E-state index in [0.29, 0.717) is 16.9 Å². The summed E-state index contributed by atoms with van der Waals surface area (Å²) in [6, 6.07) is 21.4. The normalized spacial score (nSPS) is 11.0. The quantitative estimate of drug-likeness (QED) is 0.444. The Bertz CT molecular complexity index is 989. The number of hydrogen-bond acceptors (Lipinski definition) is 2. The lowest BCUT2D eigenvalue weighted by Gasteiger charge is -2.10. The number of nitriles is 1. The maximum atomic E-state index is 14.0. The van der Waals surface area contributed by atoms with E-state index in [1.165, 1.54) is 18.2 Å². The fraction of sp³-hybridized carbons (Fsp3) is 0.0455. The van der Waals surface area contributed by atoms with Gasteiger partial charge in [0.05, 0.1) is 11.6 Å². The maximum absolute atomic E-state index is 14.0. The van der Waals surface area contributed by atoms with Crippen molar-refractivity contribution >= 4 is 11.6 Å². The molecule has 0 unspecified atom stereocenters. The fourth-order valence-corrected chi connectivity index (χ4v) is 2.52. The number of rotatable bonds is 5. The van der Waals surface area contributed by atoms with Crippen molar-refractivity contribution in [1.29, 1.82) is 5.26 Å². The molecule has 0 aliphatic heterocycles. The highest BCUT2D eigenvalue weighted by Crippen LogP contribution is 2.26. The standard InChI is InChI=1S/C22H15F2NO/c23-19-8-5-6-16(12-19)15-26-22-11-4-1-7-17(22)13-18(14-25)20-9-2-3-10-21(20)24/h1-13H,15H2/b18-13-. The van der Waals surface area contributed by atoms with E-state index in [2.05, 4.69) is 0 Å². The Balaban J connectivity index is 1.89. The van der Waals surface area contributed by atoms with Crippen LogP contribution in [0.25, 0.3) is 11.6 Å². The van der Waals surface area contributed by atoms with Gasteiger partial charge in [-0.3, -0.25) is 0 Å². The van der Waals surface area contributed by atoms with Crippen molar-refractivity contribution in [2.24, 2.45) is 0 Å². The molecule has 0 amide bonds. The molecule has 0 fully saturated rings. The zero-order valence-corrected chi connectivity index (χ0v) is 13.8. The monoisotopic (exact) mass is 347 g/mol. The van der Waals surface area contributed by atoms with Gasteiger partial charge in [0, 0.05) is 11.1 Å². The highest BCUT2D eigenvalue weighted by molar-refractivity contribution is 5.90. The summed E-state index contributed by atoms with van der Waals surface area (Å²) in [5, 5.41) is 9.43. The van der Waals surface area contributed by atoms with E-state index in [9.17, 15) is 14.0 Å². The second-order valence-electron chi connectivity index (χ2n) is 5.61. The molecule has 3 aromatic carbocycles. The van der Waals surface area contributed by atoms with Crippen LogP contribution in [-0.4, -0.2) is 0 Å². The Kier molecular flexibility index (Phi) is 5.40. The topological polar surface area (TPSA) is 33.0 Å². The van der Waals surface area contributed by atoms with Crippen LogP contribution in [0.2, 0.25) is 0 Å². The molecule has 0 saturated carbocycles. The average molecular weight is 347 g/mol. The lowest BCUT2D eigenvalue weighted by Crippen LogP contribution is -1.97. The van der Waals surface area contributed by atoms with Crippen molar-refractivity contribution in [2.75, 3.05) is 0 Å². The van der Waals surface area contributed by atoms with Gasteiger partial charge in [0.1, 0.15) is 24.0 Å². The first-order chi connectivity index (χ1) is 12.7. The summed E-state index contributed by atoms with van der Waals surface area (Å²) in [5.41, 5.74) is 1.77. The van der Waals surface area contributed by atoms with Crippen molar-refractivity contribution in [3.8, 4) is 11.8 Å². The van der Waals surface area contributed by atoms with E-state index in [0.717, 1.165) is 0 Å². The molecule has 0 aromatic heterocycles. The van der Waals surface area contributed by atoms with E-state index in [1.54, 1.807) is 60.7 Å². The molecule has 128 valence electrons. The lowest BCUT2D eigenvalue weighted by molar-refractivity contribution is 0.305. The Morgan fingerprint density at radius 2 is 1.73 bits per heavy atom. The van der Waals surface area contributed by atoms with Crippen molar-refractivity contribution in [3.05, 3.63) is 101 Å². The predicted octanol–water partition coefficient (Wildman–Crippen LogP) is 5.61. The predicted molar refractivity (Wildman–Crippen MR) is 97.1 cm³/mol. The van der Waals surface area contributed by atoms with E-state index in [1.807, 2.05) is 6.07 Å². The van der Waals surface area contributed by atoms with Crippen LogP contribution in [0.4, 0.5) is 8.78 Å². The molecule has 0 N–H and O–H groups in total. The van der Waals surface area contributed by atoms with Gasteiger partial charge in [-0.15, -0.1) is 0 Å². The number of nitrogens with zero attached hydrogens (tertiary/aromatic N) is 1. The third kappa shape index (κ3) is 4.14. The summed E-state index contributed by atoms with van der Waals surface area (Å²) in [4.78, 5) is 0. The summed E-state index contributed by atoms with van der Waals surface area (Å²) < 4.78 is 33.0. The van der Waals surface area contributed by atoms with Crippen LogP contribution < -0.4 is 4.74 Å². The highest BCUT2D eigenvalue weighted by Gasteiger charge is 2.09. The van der Waals surface area contributed by atoms with E-state index in [-0.39, 0.29) is 23.6 Å². The van der Waals surface area contributed by atoms with Crippen LogP contribution in [0.1, 0.15) is 16.7 Å². The fourth-order valence-electron chi connectivity index (χ4n) is 2.52. The van der Waals surface area contributed by atoms with Crippen LogP contribution in [0.5, 0.6) is 5.75 Å². The van der Waals surface area contributed by atoms with Crippen molar-refractivity contribution in [3.63, 3.8) is 0 Å². The Morgan fingerprint density at radius 1 is 0.962 bits per heavy atom. The molecule has 0 heterocycles. The molecule has 0 radical (unpaired) electrons. The van der Waals surface area contributed by atoms with Gasteiger partial charge in [0.25, 0.3) is 0 Å². The third-order valence-electron chi connectivity index (χ3n) is 3.79. The number of hydrogen-bond donors (Lipinski definition) is 0. The molecule has 0 spiro atoms. The molecular weight excluding hydrogens is 332 g/mol. The minimum Gasteiger partial charge on any atom is -0.488 e. The van der Waals surface area contributed by atoms with Crippen molar-refractivity contribution in [2.45, 2.75) is 6.61 Å². The van der Waals surface area contributed by atoms with E-state index >= 15 is 0 Å². The molecule has 3 rings (SSSR count). The van der Waals surface area contributed by atoms with Crippen LogP contribution >= 0.6 is 0 Å². The van der Waals surface area contributed by atoms with Crippen LogP contribution in [0, 0.1) is 23.0 Å². The molecule has 0 aliphatic rings. The molecule has 0 aliphatic carbocycles. The summed E-state index contributed by atoms with van der Waals surface area (Å²) in [6.45, 7) is 0.185. The van der Waals surface area contributed by atoms with E-state index in [4.69, 9.17) is 4.74 Å². The third-order valence-corrected chi connectivity index (χ3v) is 3.79. The number of para-hydroxylation sites is 1. The first kappa shape index (κ1) is 17.4. The summed E-state index contributed by atoms with van der Waals surface area (Å²) >= 11 is 0. The van der Waals surface area contributed by atoms with Crippen LogP contribution in [-0.2, 0) is 6.61 Å². The molecule has 0 bridgehead atoms. The molecule has 4 heteroatoms. The minimum absolute atomic E-state index is 0.185. The van der Waals surface area contributed by atoms with Crippen LogP contribution in [0.15, 0.2) is 72.8 Å². The first-order valence-corrected chi connectivity index (χ1v) is 8.00. The Morgan fingerprint density at radius 3 is 2.50 bits per heavy atom. The average Bonchev–Trinajstić information content (AvgIpc) is 2.66. The Hall–Kier alpha value is -3.45. The largest absolute Gasteiger partial charge is 0.488 e. The zero-order valence-electron chi connectivity index (χ0n) is 13.8. The van der Waals surface area contributed by atoms with Crippen LogP contribution in [0.3, 0.4) is 0 Å². The molecule has 2 nitrogen and oxygen atoms in total. The maximum Gasteiger partial charge on any atom is 0.131 e. The zero-order chi connectivity index (χ0) is 18.4. The smallest absolute Gasteiger partial charge is 0.131 e. The molecular formula is C22H15F2NO. The molecule has 0 saturated heterocycles. The molecule has 3 aromatic rings. The van der Waals surface area contributed by atoms with Crippen molar-refractivity contribution < 1.29 is 13.5 Å². The van der Waals surface area contributed by atoms with Gasteiger partial charge in [-0.1, -0.05) is 48.5 Å². The highest BCUT2D eigenvalue weighted by atomic mass is 19.1. The van der Waals surface area contributed by atoms with Gasteiger partial charge >= 0.3 is 0 Å². The first-order valence-electron chi connectivity index (χ1n) is 8.00. The summed E-state index contributed by atoms with van der Waals surface area (Å²) in [7, 11) is 0. The van der Waals surface area contributed by atoms with E-state index < -0.39 is 5.82 Å². The molecule has 26 heavy (non-hydrogen) atoms. The van der Waals surface area contributed by atoms with Gasteiger partial charge in [-0.05, 0) is 35.9 Å². The number of halogens is 2. The lowest BCUT2D eigenvalue weighted by atomic mass is 10.0. The summed E-state index contributed by atoms with van der Waals surface area (Å²) in [5.74, 6) is -0.259. The van der Waals surface area contributed by atoms with Crippen molar-refractivity contribution in [1.82, 2.24) is 0 Å².